The van der Waals surface area contributed by atoms with Crippen molar-refractivity contribution in [1.29, 1.82) is 0 Å². The number of thioether (sulfide) groups is 1. The molecule has 0 bridgehead atoms. The molecule has 2 nitrogen and oxygen atoms in total. The van der Waals surface area contributed by atoms with E-state index in [0.717, 1.165) is 11.7 Å². The van der Waals surface area contributed by atoms with Gasteiger partial charge in [0, 0.05) is 17.1 Å². The summed E-state index contributed by atoms with van der Waals surface area (Å²) in [7, 11) is 0. The Morgan fingerprint density at radius 2 is 2.20 bits per heavy atom. The van der Waals surface area contributed by atoms with E-state index in [9.17, 15) is 0 Å². The van der Waals surface area contributed by atoms with Crippen LogP contribution in [0, 0.1) is 0 Å². The van der Waals surface area contributed by atoms with Crippen LogP contribution in [0.15, 0.2) is 24.4 Å². The summed E-state index contributed by atoms with van der Waals surface area (Å²) in [4.78, 5) is 4.34. The Bertz CT molecular complexity index is 270. The van der Waals surface area contributed by atoms with Gasteiger partial charge < -0.3 is 5.32 Å². The van der Waals surface area contributed by atoms with Crippen molar-refractivity contribution in [2.45, 2.75) is 24.5 Å². The maximum Gasteiger partial charge on any atom is 0.0411 e. The van der Waals surface area contributed by atoms with Crippen molar-refractivity contribution in [3.8, 4) is 0 Å². The number of hydrogen-bond donors (Lipinski definition) is 1. The van der Waals surface area contributed by atoms with Gasteiger partial charge in [0.1, 0.15) is 0 Å². The van der Waals surface area contributed by atoms with Crippen LogP contribution in [0.3, 0.4) is 0 Å². The molecule has 0 atom stereocenters. The minimum atomic E-state index is 0.870. The summed E-state index contributed by atoms with van der Waals surface area (Å²) in [5.74, 6) is 1.21. The molecule has 1 fully saturated rings. The van der Waals surface area contributed by atoms with Crippen molar-refractivity contribution in [3.63, 3.8) is 0 Å². The second-order valence-electron chi connectivity index (χ2n) is 3.89. The quantitative estimate of drug-likeness (QED) is 0.844. The van der Waals surface area contributed by atoms with Crippen molar-refractivity contribution < 1.29 is 0 Å². The molecule has 1 aromatic rings. The Labute approximate surface area is 95.9 Å². The number of aryl methyl sites for hydroxylation is 1. The smallest absolute Gasteiger partial charge is 0.0411 e. The SMILES string of the molecule is c1ccc(CCSC2CCNCC2)nc1. The Balaban J connectivity index is 1.66. The molecule has 1 saturated heterocycles. The first-order valence-corrected chi connectivity index (χ1v) is 6.72. The third-order valence-corrected chi connectivity index (χ3v) is 4.11. The van der Waals surface area contributed by atoms with Gasteiger partial charge in [-0.1, -0.05) is 6.07 Å². The first kappa shape index (κ1) is 11.0. The average molecular weight is 222 g/mol. The highest BCUT2D eigenvalue weighted by Crippen LogP contribution is 2.20. The van der Waals surface area contributed by atoms with Gasteiger partial charge in [0.2, 0.25) is 0 Å². The molecule has 0 radical (unpaired) electrons. The van der Waals surface area contributed by atoms with Crippen LogP contribution in [0.1, 0.15) is 18.5 Å². The maximum absolute atomic E-state index is 4.34. The summed E-state index contributed by atoms with van der Waals surface area (Å²) in [5.41, 5.74) is 1.22. The van der Waals surface area contributed by atoms with E-state index < -0.39 is 0 Å². The zero-order valence-electron chi connectivity index (χ0n) is 8.98. The number of rotatable bonds is 4. The number of hydrogen-bond acceptors (Lipinski definition) is 3. The first-order valence-electron chi connectivity index (χ1n) is 5.67. The molecule has 1 N–H and O–H groups in total. The summed E-state index contributed by atoms with van der Waals surface area (Å²) in [5, 5.41) is 4.27. The standard InChI is InChI=1S/C12H18N2S/c1-2-7-14-11(3-1)6-10-15-12-4-8-13-9-5-12/h1-3,7,12-13H,4-6,8-10H2. The molecule has 0 aliphatic carbocycles. The van der Waals surface area contributed by atoms with Crippen LogP contribution in [-0.4, -0.2) is 29.1 Å². The van der Waals surface area contributed by atoms with Gasteiger partial charge in [-0.15, -0.1) is 0 Å². The third kappa shape index (κ3) is 3.84. The van der Waals surface area contributed by atoms with E-state index in [1.165, 1.54) is 37.4 Å². The summed E-state index contributed by atoms with van der Waals surface area (Å²) < 4.78 is 0. The number of nitrogens with zero attached hydrogens (tertiary/aromatic N) is 1. The molecule has 0 spiro atoms. The zero-order chi connectivity index (χ0) is 10.3. The third-order valence-electron chi connectivity index (χ3n) is 2.72. The predicted molar refractivity (Wildman–Crippen MR) is 66.3 cm³/mol. The van der Waals surface area contributed by atoms with Crippen molar-refractivity contribution in [2.75, 3.05) is 18.8 Å². The second kappa shape index (κ2) is 6.13. The van der Waals surface area contributed by atoms with Crippen LogP contribution in [0.5, 0.6) is 0 Å². The lowest BCUT2D eigenvalue weighted by molar-refractivity contribution is 0.531. The molecule has 1 aliphatic rings. The van der Waals surface area contributed by atoms with Gasteiger partial charge in [0.25, 0.3) is 0 Å². The monoisotopic (exact) mass is 222 g/mol. The van der Waals surface area contributed by atoms with Crippen molar-refractivity contribution in [1.82, 2.24) is 10.3 Å². The van der Waals surface area contributed by atoms with Crippen LogP contribution in [0.4, 0.5) is 0 Å². The van der Waals surface area contributed by atoms with Gasteiger partial charge in [-0.25, -0.2) is 0 Å². The fourth-order valence-electron chi connectivity index (χ4n) is 1.84. The molecule has 1 aliphatic heterocycles. The predicted octanol–water partition coefficient (Wildman–Crippen LogP) is 2.11. The number of nitrogens with one attached hydrogen (secondary N) is 1. The number of piperidine rings is 1. The minimum absolute atomic E-state index is 0.870. The van der Waals surface area contributed by atoms with E-state index in [-0.39, 0.29) is 0 Å². The minimum Gasteiger partial charge on any atom is -0.317 e. The van der Waals surface area contributed by atoms with E-state index >= 15 is 0 Å². The van der Waals surface area contributed by atoms with Crippen LogP contribution in [-0.2, 0) is 6.42 Å². The molecular weight excluding hydrogens is 204 g/mol. The van der Waals surface area contributed by atoms with E-state index in [1.54, 1.807) is 0 Å². The lowest BCUT2D eigenvalue weighted by atomic mass is 10.2. The number of pyridine rings is 1. The van der Waals surface area contributed by atoms with E-state index in [2.05, 4.69) is 34.2 Å². The highest BCUT2D eigenvalue weighted by molar-refractivity contribution is 7.99. The van der Waals surface area contributed by atoms with Crippen LogP contribution < -0.4 is 5.32 Å². The van der Waals surface area contributed by atoms with Crippen LogP contribution >= 0.6 is 11.8 Å². The lowest BCUT2D eigenvalue weighted by Gasteiger charge is -2.21. The molecule has 0 saturated carbocycles. The van der Waals surface area contributed by atoms with Crippen molar-refractivity contribution >= 4 is 11.8 Å². The van der Waals surface area contributed by atoms with E-state index in [4.69, 9.17) is 0 Å². The average Bonchev–Trinajstić information content (AvgIpc) is 2.32. The molecule has 2 rings (SSSR count). The summed E-state index contributed by atoms with van der Waals surface area (Å²) in [6.07, 6.45) is 5.64. The largest absolute Gasteiger partial charge is 0.317 e. The second-order valence-corrected chi connectivity index (χ2v) is 5.30. The molecule has 15 heavy (non-hydrogen) atoms. The summed E-state index contributed by atoms with van der Waals surface area (Å²) in [6.45, 7) is 2.39. The zero-order valence-corrected chi connectivity index (χ0v) is 9.80. The Hall–Kier alpha value is -0.540. The van der Waals surface area contributed by atoms with Gasteiger partial charge in [-0.2, -0.15) is 11.8 Å². The molecule has 1 aromatic heterocycles. The van der Waals surface area contributed by atoms with Crippen LogP contribution in [0.25, 0.3) is 0 Å². The topological polar surface area (TPSA) is 24.9 Å². The molecule has 2 heterocycles. The van der Waals surface area contributed by atoms with Crippen LogP contribution in [0.2, 0.25) is 0 Å². The Morgan fingerprint density at radius 3 is 2.93 bits per heavy atom. The lowest BCUT2D eigenvalue weighted by Crippen LogP contribution is -2.29. The Morgan fingerprint density at radius 1 is 1.33 bits per heavy atom. The normalized spacial score (nSPS) is 17.9. The molecule has 0 aromatic carbocycles. The summed E-state index contributed by atoms with van der Waals surface area (Å²) in [6, 6.07) is 6.16. The summed E-state index contributed by atoms with van der Waals surface area (Å²) >= 11 is 2.11. The molecular formula is C12H18N2S. The van der Waals surface area contributed by atoms with Crippen molar-refractivity contribution in [2.24, 2.45) is 0 Å². The molecule has 3 heteroatoms. The maximum atomic E-state index is 4.34. The van der Waals surface area contributed by atoms with Crippen molar-refractivity contribution in [3.05, 3.63) is 30.1 Å². The fraction of sp³-hybridized carbons (Fsp3) is 0.583. The molecule has 0 amide bonds. The van der Waals surface area contributed by atoms with E-state index in [0.29, 0.717) is 0 Å². The first-order chi connectivity index (χ1) is 7.45. The molecule has 82 valence electrons. The number of aromatic nitrogens is 1. The van der Waals surface area contributed by atoms with Gasteiger partial charge in [0.05, 0.1) is 0 Å². The van der Waals surface area contributed by atoms with Gasteiger partial charge in [-0.3, -0.25) is 4.98 Å². The van der Waals surface area contributed by atoms with Gasteiger partial charge >= 0.3 is 0 Å². The fourth-order valence-corrected chi connectivity index (χ4v) is 3.07. The van der Waals surface area contributed by atoms with Gasteiger partial charge in [0.15, 0.2) is 0 Å². The Kier molecular flexibility index (Phi) is 4.48. The molecule has 0 unspecified atom stereocenters. The highest BCUT2D eigenvalue weighted by Gasteiger charge is 2.12. The highest BCUT2D eigenvalue weighted by atomic mass is 32.2. The van der Waals surface area contributed by atoms with E-state index in [1.807, 2.05) is 12.3 Å². The van der Waals surface area contributed by atoms with Gasteiger partial charge in [-0.05, 0) is 50.2 Å².